The molecule has 0 heterocycles. The Labute approximate surface area is 135 Å². The normalized spacial score (nSPS) is 5.41. The van der Waals surface area contributed by atoms with Crippen LogP contribution < -0.4 is 0 Å². The fraction of sp³-hybridized carbons (Fsp3) is 0.0714. The van der Waals surface area contributed by atoms with Crippen LogP contribution in [0.25, 0.3) is 0 Å². The van der Waals surface area contributed by atoms with Crippen molar-refractivity contribution in [1.82, 2.24) is 0 Å². The molecular weight excluding hydrogens is 332 g/mol. The quantitative estimate of drug-likeness (QED) is 0.454. The second-order valence-electron chi connectivity index (χ2n) is 2.25. The standard InChI is InChI=1S/C9H8O2.5CO.Cr/c1-8(10)11-7-9-5-3-2-4-6-9;5*1-2;/h2-6H,1H3;;;;;;. The van der Waals surface area contributed by atoms with Gasteiger partial charge >= 0.3 is 135 Å². The average molecular weight is 340 g/mol. The summed E-state index contributed by atoms with van der Waals surface area (Å²) in [6.45, 7) is 23.9. The van der Waals surface area contributed by atoms with Crippen LogP contribution in [0.4, 0.5) is 0 Å². The minimum atomic E-state index is -0.312. The van der Waals surface area contributed by atoms with Gasteiger partial charge in [0.2, 0.25) is 0 Å². The van der Waals surface area contributed by atoms with Crippen molar-refractivity contribution in [3.8, 4) is 0 Å². The van der Waals surface area contributed by atoms with E-state index in [0.717, 1.165) is 5.56 Å². The molecule has 0 N–H and O–H groups in total. The fourth-order valence-electron chi connectivity index (χ4n) is 0.764. The first-order chi connectivity index (χ1) is 10.7. The molecule has 1 aromatic carbocycles. The Morgan fingerprint density at radius 2 is 1.18 bits per heavy atom. The fourth-order valence-corrected chi connectivity index (χ4v) is 1.16. The molecule has 1 rings (SSSR count). The van der Waals surface area contributed by atoms with Gasteiger partial charge in [-0.1, -0.05) is 0 Å². The van der Waals surface area contributed by atoms with Gasteiger partial charge in [-0.15, -0.1) is 0 Å². The van der Waals surface area contributed by atoms with E-state index in [9.17, 15) is 4.79 Å². The maximum absolute atomic E-state index is 10.6. The molecule has 22 heavy (non-hydrogen) atoms. The summed E-state index contributed by atoms with van der Waals surface area (Å²) in [5.41, 5.74) is 0.882. The van der Waals surface area contributed by atoms with Crippen molar-refractivity contribution >= 4 is 10.5 Å². The van der Waals surface area contributed by atoms with E-state index < -0.39 is 0 Å². The summed E-state index contributed by atoms with van der Waals surface area (Å²) in [6, 6.07) is 9.42. The molecule has 0 fully saturated rings. The van der Waals surface area contributed by atoms with Crippen molar-refractivity contribution in [2.24, 2.45) is 0 Å². The summed E-state index contributed by atoms with van der Waals surface area (Å²) >= 11 is 2.70. The number of benzene rings is 1. The Kier molecular flexibility index (Phi) is 52.8. The number of carbonyl (C=O) groups is 1. The van der Waals surface area contributed by atoms with Crippen molar-refractivity contribution in [3.05, 3.63) is 69.1 Å². The topological polar surface area (TPSA) is 126 Å². The molecule has 0 aromatic heterocycles. The second-order valence-corrected chi connectivity index (χ2v) is 2.83. The summed E-state index contributed by atoms with van der Waals surface area (Å²) in [5, 5.41) is 0. The molecule has 0 bridgehead atoms. The van der Waals surface area contributed by atoms with E-state index >= 15 is 0 Å². The molecule has 0 spiro atoms. The van der Waals surface area contributed by atoms with Gasteiger partial charge in [-0.25, -0.2) is 0 Å². The van der Waals surface area contributed by atoms with Gasteiger partial charge in [-0.3, -0.25) is 0 Å². The third kappa shape index (κ3) is 26.4. The number of hydrogen-bond donors (Lipinski definition) is 0. The van der Waals surface area contributed by atoms with Gasteiger partial charge in [0.05, 0.1) is 0 Å². The zero-order valence-electron chi connectivity index (χ0n) is 11.2. The predicted molar refractivity (Wildman–Crippen MR) is 62.0 cm³/mol. The van der Waals surface area contributed by atoms with Gasteiger partial charge in [-0.05, 0) is 0 Å². The number of hydrogen-bond acceptors (Lipinski definition) is 2. The molecule has 7 nitrogen and oxygen atoms in total. The van der Waals surface area contributed by atoms with E-state index in [1.165, 1.54) is 6.92 Å². The molecule has 8 heteroatoms. The summed E-state index contributed by atoms with van der Waals surface area (Å²) in [6.07, 6.45) is 0. The Bertz CT molecular complexity index is 449. The van der Waals surface area contributed by atoms with Gasteiger partial charge in [0.1, 0.15) is 0 Å². The summed E-state index contributed by atoms with van der Waals surface area (Å²) in [7, 11) is 0. The van der Waals surface area contributed by atoms with E-state index in [2.05, 4.69) is 49.1 Å². The maximum atomic E-state index is 10.6. The molecule has 0 amide bonds. The molecule has 0 aliphatic carbocycles. The predicted octanol–water partition coefficient (Wildman–Crippen LogP) is 1.09. The molecule has 0 unspecified atom stereocenters. The van der Waals surface area contributed by atoms with E-state index in [4.69, 9.17) is 28.0 Å². The van der Waals surface area contributed by atoms with Crippen LogP contribution in [0.1, 0.15) is 12.5 Å². The summed E-state index contributed by atoms with van der Waals surface area (Å²) in [4.78, 5) is 10.6. The number of esters is 1. The second kappa shape index (κ2) is 36.4. The summed E-state index contributed by atoms with van der Waals surface area (Å²) < 4.78 is 42.9. The molecule has 1 aromatic rings. The van der Waals surface area contributed by atoms with Crippen LogP contribution in [0, 0.1) is 33.3 Å². The van der Waals surface area contributed by atoms with Gasteiger partial charge in [0.15, 0.2) is 0 Å². The van der Waals surface area contributed by atoms with Gasteiger partial charge in [0.25, 0.3) is 0 Å². The third-order valence-electron chi connectivity index (χ3n) is 1.25. The van der Waals surface area contributed by atoms with Gasteiger partial charge in [-0.2, -0.15) is 0 Å². The van der Waals surface area contributed by atoms with Crippen LogP contribution in [-0.4, -0.2) is 10.5 Å². The molecule has 0 aliphatic rings. The van der Waals surface area contributed by atoms with Crippen LogP contribution in [0.5, 0.6) is 0 Å². The summed E-state index contributed by atoms with van der Waals surface area (Å²) in [5.74, 6) is -0.312. The first-order valence-corrected chi connectivity index (χ1v) is 5.14. The molecule has 0 saturated carbocycles. The molecular formula is C14H8CrO7. The first-order valence-electron chi connectivity index (χ1n) is 4.50. The average Bonchev–Trinajstić information content (AvgIpc) is 2.64. The van der Waals surface area contributed by atoms with E-state index in [1.54, 1.807) is 0 Å². The van der Waals surface area contributed by atoms with Crippen LogP contribution in [0.3, 0.4) is 0 Å². The Morgan fingerprint density at radius 3 is 1.45 bits per heavy atom. The van der Waals surface area contributed by atoms with Gasteiger partial charge < -0.3 is 0 Å². The van der Waals surface area contributed by atoms with E-state index in [0.29, 0.717) is 4.57 Å². The monoisotopic (exact) mass is 340 g/mol. The molecule has 112 valence electrons. The Balaban J connectivity index is -0.0000000822. The molecule has 0 atom stereocenters. The Morgan fingerprint density at radius 1 is 0.864 bits per heavy atom. The number of carbonyl (C=O) groups excluding carboxylic acids is 1. The minimum absolute atomic E-state index is 0.312. The van der Waals surface area contributed by atoms with Crippen LogP contribution in [0.15, 0.2) is 30.3 Å². The number of rotatable bonds is 2. The molecule has 0 radical (unpaired) electrons. The van der Waals surface area contributed by atoms with Crippen LogP contribution in [-0.2, 0) is 48.6 Å². The van der Waals surface area contributed by atoms with Crippen LogP contribution in [0.2, 0.25) is 0 Å². The SMILES string of the molecule is CC(=O)O[C](=[Cr])c1ccccc1.[C-]#[O+].[C-]#[O+].[C-]#[O+].[C-]#[O+].[C-]#[O+]. The van der Waals surface area contributed by atoms with E-state index in [-0.39, 0.29) is 5.97 Å². The molecule has 0 saturated heterocycles. The van der Waals surface area contributed by atoms with Crippen molar-refractivity contribution in [1.29, 1.82) is 0 Å². The van der Waals surface area contributed by atoms with E-state index in [1.807, 2.05) is 30.3 Å². The molecule has 0 aliphatic heterocycles. The van der Waals surface area contributed by atoms with Crippen LogP contribution >= 0.6 is 0 Å². The zero-order chi connectivity index (χ0) is 19.0. The first kappa shape index (κ1) is 31.9. The van der Waals surface area contributed by atoms with Gasteiger partial charge in [0, 0.05) is 0 Å². The Hall–Kier alpha value is -2.21. The third-order valence-corrected chi connectivity index (χ3v) is 1.74. The van der Waals surface area contributed by atoms with Crippen molar-refractivity contribution in [3.63, 3.8) is 0 Å². The van der Waals surface area contributed by atoms with Crippen molar-refractivity contribution < 1.29 is 48.6 Å². The zero-order valence-corrected chi connectivity index (χ0v) is 12.4. The van der Waals surface area contributed by atoms with Crippen molar-refractivity contribution in [2.45, 2.75) is 6.92 Å². The number of ether oxygens (including phenoxy) is 1. The van der Waals surface area contributed by atoms with Crippen molar-refractivity contribution in [2.75, 3.05) is 0 Å².